The van der Waals surface area contributed by atoms with E-state index in [2.05, 4.69) is 27.3 Å². The normalized spacial score (nSPS) is 16.9. The number of nitrogens with zero attached hydrogens (tertiary/aromatic N) is 1. The SMILES string of the molecule is O=C(NCC(=O)N1CCCC1c1cccc(Br)c1)c1ccccc1. The molecule has 1 fully saturated rings. The predicted molar refractivity (Wildman–Crippen MR) is 96.6 cm³/mol. The zero-order chi connectivity index (χ0) is 16.9. The summed E-state index contributed by atoms with van der Waals surface area (Å²) in [5.74, 6) is -0.260. The van der Waals surface area contributed by atoms with Gasteiger partial charge in [-0.25, -0.2) is 0 Å². The van der Waals surface area contributed by atoms with E-state index in [0.717, 1.165) is 29.4 Å². The van der Waals surface area contributed by atoms with Crippen molar-refractivity contribution in [1.82, 2.24) is 10.2 Å². The van der Waals surface area contributed by atoms with E-state index in [1.807, 2.05) is 29.2 Å². The molecular weight excluding hydrogens is 368 g/mol. The van der Waals surface area contributed by atoms with Gasteiger partial charge in [-0.15, -0.1) is 0 Å². The molecule has 1 saturated heterocycles. The number of hydrogen-bond donors (Lipinski definition) is 1. The largest absolute Gasteiger partial charge is 0.343 e. The maximum absolute atomic E-state index is 12.5. The Morgan fingerprint density at radius 2 is 1.92 bits per heavy atom. The van der Waals surface area contributed by atoms with Gasteiger partial charge in [-0.3, -0.25) is 9.59 Å². The van der Waals surface area contributed by atoms with Gasteiger partial charge in [0.2, 0.25) is 5.91 Å². The van der Waals surface area contributed by atoms with E-state index in [1.54, 1.807) is 24.3 Å². The summed E-state index contributed by atoms with van der Waals surface area (Å²) >= 11 is 3.48. The number of hydrogen-bond acceptors (Lipinski definition) is 2. The van der Waals surface area contributed by atoms with Crippen LogP contribution in [0.2, 0.25) is 0 Å². The second-order valence-corrected chi connectivity index (χ2v) is 6.76. The Balaban J connectivity index is 1.63. The van der Waals surface area contributed by atoms with Gasteiger partial charge in [0.05, 0.1) is 12.6 Å². The Kier molecular flexibility index (Phi) is 5.30. The zero-order valence-electron chi connectivity index (χ0n) is 13.2. The van der Waals surface area contributed by atoms with E-state index in [9.17, 15) is 9.59 Å². The molecule has 0 aromatic heterocycles. The third kappa shape index (κ3) is 3.85. The van der Waals surface area contributed by atoms with Gasteiger partial charge < -0.3 is 10.2 Å². The van der Waals surface area contributed by atoms with Gasteiger partial charge in [0, 0.05) is 16.6 Å². The average Bonchev–Trinajstić information content (AvgIpc) is 3.10. The molecule has 1 aliphatic heterocycles. The summed E-state index contributed by atoms with van der Waals surface area (Å²) in [6.45, 7) is 0.759. The van der Waals surface area contributed by atoms with Crippen LogP contribution in [-0.4, -0.2) is 29.8 Å². The second kappa shape index (κ2) is 7.62. The summed E-state index contributed by atoms with van der Waals surface area (Å²) in [6.07, 6.45) is 1.93. The van der Waals surface area contributed by atoms with Crippen molar-refractivity contribution < 1.29 is 9.59 Å². The molecule has 0 spiro atoms. The molecule has 2 amide bonds. The van der Waals surface area contributed by atoms with Crippen LogP contribution in [0, 0.1) is 0 Å². The summed E-state index contributed by atoms with van der Waals surface area (Å²) in [5, 5.41) is 2.72. The molecule has 1 heterocycles. The molecule has 124 valence electrons. The topological polar surface area (TPSA) is 49.4 Å². The maximum atomic E-state index is 12.5. The fourth-order valence-corrected chi connectivity index (χ4v) is 3.49. The highest BCUT2D eigenvalue weighted by Crippen LogP contribution is 2.32. The quantitative estimate of drug-likeness (QED) is 0.873. The van der Waals surface area contributed by atoms with Crippen LogP contribution in [0.5, 0.6) is 0 Å². The second-order valence-electron chi connectivity index (χ2n) is 5.85. The molecule has 1 unspecified atom stereocenters. The standard InChI is InChI=1S/C19H19BrN2O2/c20-16-9-4-8-15(12-16)17-10-5-11-22(17)18(23)13-21-19(24)14-6-2-1-3-7-14/h1-4,6-9,12,17H,5,10-11,13H2,(H,21,24). The highest BCUT2D eigenvalue weighted by molar-refractivity contribution is 9.10. The van der Waals surface area contributed by atoms with Gasteiger partial charge in [-0.05, 0) is 42.7 Å². The van der Waals surface area contributed by atoms with E-state index in [4.69, 9.17) is 0 Å². The molecular formula is C19H19BrN2O2. The van der Waals surface area contributed by atoms with Crippen molar-refractivity contribution in [3.8, 4) is 0 Å². The van der Waals surface area contributed by atoms with E-state index in [1.165, 1.54) is 0 Å². The fraction of sp³-hybridized carbons (Fsp3) is 0.263. The number of rotatable bonds is 4. The van der Waals surface area contributed by atoms with Gasteiger partial charge in [-0.1, -0.05) is 46.3 Å². The predicted octanol–water partition coefficient (Wildman–Crippen LogP) is 3.54. The van der Waals surface area contributed by atoms with E-state index < -0.39 is 0 Å². The summed E-state index contributed by atoms with van der Waals surface area (Å²) in [7, 11) is 0. The molecule has 0 bridgehead atoms. The first kappa shape index (κ1) is 16.7. The number of halogens is 1. The molecule has 0 saturated carbocycles. The minimum atomic E-state index is -0.220. The van der Waals surface area contributed by atoms with Crippen LogP contribution in [0.4, 0.5) is 0 Å². The van der Waals surface area contributed by atoms with Crippen molar-refractivity contribution >= 4 is 27.7 Å². The molecule has 1 atom stereocenters. The van der Waals surface area contributed by atoms with Gasteiger partial charge in [0.1, 0.15) is 0 Å². The third-order valence-electron chi connectivity index (χ3n) is 4.24. The van der Waals surface area contributed by atoms with Crippen molar-refractivity contribution in [2.75, 3.05) is 13.1 Å². The number of carbonyl (C=O) groups is 2. The number of carbonyl (C=O) groups excluding carboxylic acids is 2. The number of likely N-dealkylation sites (tertiary alicyclic amines) is 1. The van der Waals surface area contributed by atoms with Gasteiger partial charge in [0.15, 0.2) is 0 Å². The van der Waals surface area contributed by atoms with Gasteiger partial charge in [0.25, 0.3) is 5.91 Å². The summed E-state index contributed by atoms with van der Waals surface area (Å²) < 4.78 is 1.01. The van der Waals surface area contributed by atoms with E-state index in [-0.39, 0.29) is 24.4 Å². The van der Waals surface area contributed by atoms with Crippen molar-refractivity contribution in [3.63, 3.8) is 0 Å². The van der Waals surface area contributed by atoms with Crippen LogP contribution in [0.25, 0.3) is 0 Å². The third-order valence-corrected chi connectivity index (χ3v) is 4.74. The first-order chi connectivity index (χ1) is 11.6. The molecule has 2 aromatic rings. The smallest absolute Gasteiger partial charge is 0.251 e. The van der Waals surface area contributed by atoms with Crippen molar-refractivity contribution in [1.29, 1.82) is 0 Å². The highest BCUT2D eigenvalue weighted by Gasteiger charge is 2.29. The zero-order valence-corrected chi connectivity index (χ0v) is 14.8. The molecule has 24 heavy (non-hydrogen) atoms. The Hall–Kier alpha value is -2.14. The first-order valence-corrected chi connectivity index (χ1v) is 8.82. The van der Waals surface area contributed by atoms with Crippen molar-refractivity contribution in [2.45, 2.75) is 18.9 Å². The minimum Gasteiger partial charge on any atom is -0.343 e. The molecule has 5 heteroatoms. The van der Waals surface area contributed by atoms with Crippen LogP contribution < -0.4 is 5.32 Å². The average molecular weight is 387 g/mol. The van der Waals surface area contributed by atoms with Gasteiger partial charge in [-0.2, -0.15) is 0 Å². The van der Waals surface area contributed by atoms with Crippen LogP contribution in [0.15, 0.2) is 59.1 Å². The molecule has 1 N–H and O–H groups in total. The van der Waals surface area contributed by atoms with Crippen molar-refractivity contribution in [2.24, 2.45) is 0 Å². The molecule has 1 aliphatic rings. The van der Waals surface area contributed by atoms with Crippen LogP contribution in [0.3, 0.4) is 0 Å². The lowest BCUT2D eigenvalue weighted by atomic mass is 10.0. The Morgan fingerprint density at radius 3 is 2.67 bits per heavy atom. The maximum Gasteiger partial charge on any atom is 0.251 e. The molecule has 4 nitrogen and oxygen atoms in total. The lowest BCUT2D eigenvalue weighted by Gasteiger charge is -2.25. The van der Waals surface area contributed by atoms with Crippen LogP contribution >= 0.6 is 15.9 Å². The van der Waals surface area contributed by atoms with Crippen molar-refractivity contribution in [3.05, 3.63) is 70.2 Å². The van der Waals surface area contributed by atoms with E-state index in [0.29, 0.717) is 5.56 Å². The summed E-state index contributed by atoms with van der Waals surface area (Å²) in [5.41, 5.74) is 1.69. The summed E-state index contributed by atoms with van der Waals surface area (Å²) in [6, 6.07) is 17.1. The number of nitrogens with one attached hydrogen (secondary N) is 1. The number of benzene rings is 2. The Bertz CT molecular complexity index is 733. The molecule has 0 aliphatic carbocycles. The number of amides is 2. The van der Waals surface area contributed by atoms with Crippen LogP contribution in [-0.2, 0) is 4.79 Å². The first-order valence-electron chi connectivity index (χ1n) is 8.03. The lowest BCUT2D eigenvalue weighted by Crippen LogP contribution is -2.39. The highest BCUT2D eigenvalue weighted by atomic mass is 79.9. The van der Waals surface area contributed by atoms with E-state index >= 15 is 0 Å². The van der Waals surface area contributed by atoms with Crippen LogP contribution in [0.1, 0.15) is 34.8 Å². The molecule has 2 aromatic carbocycles. The Labute approximate surface area is 150 Å². The summed E-state index contributed by atoms with van der Waals surface area (Å²) in [4.78, 5) is 26.5. The molecule has 0 radical (unpaired) electrons. The fourth-order valence-electron chi connectivity index (χ4n) is 3.07. The Morgan fingerprint density at radius 1 is 1.12 bits per heavy atom. The molecule has 3 rings (SSSR count). The minimum absolute atomic E-state index is 0.0260. The monoisotopic (exact) mass is 386 g/mol. The van der Waals surface area contributed by atoms with Gasteiger partial charge >= 0.3 is 0 Å². The lowest BCUT2D eigenvalue weighted by molar-refractivity contribution is -0.131.